The van der Waals surface area contributed by atoms with Gasteiger partial charge in [0.05, 0.1) is 5.41 Å². The molecule has 1 saturated carbocycles. The highest BCUT2D eigenvalue weighted by Crippen LogP contribution is 2.54. The van der Waals surface area contributed by atoms with Gasteiger partial charge in [-0.15, -0.1) is 0 Å². The number of aliphatic hydroxyl groups excluding tert-OH is 1. The number of benzene rings is 1. The van der Waals surface area contributed by atoms with Gasteiger partial charge in [-0.3, -0.25) is 4.79 Å². The van der Waals surface area contributed by atoms with E-state index < -0.39 is 5.41 Å². The quantitative estimate of drug-likeness (QED) is 0.866. The molecule has 0 aliphatic heterocycles. The second-order valence-corrected chi connectivity index (χ2v) is 4.85. The van der Waals surface area contributed by atoms with E-state index in [0.29, 0.717) is 6.42 Å². The molecule has 0 radical (unpaired) electrons. The van der Waals surface area contributed by atoms with Crippen LogP contribution in [0.5, 0.6) is 0 Å². The molecule has 15 heavy (non-hydrogen) atoms. The van der Waals surface area contributed by atoms with Crippen molar-refractivity contribution in [3.05, 3.63) is 34.3 Å². The molecule has 0 bridgehead atoms. The van der Waals surface area contributed by atoms with Gasteiger partial charge in [0.2, 0.25) is 5.91 Å². The standard InChI is InChI=1S/C11H12BrNO2/c12-9-3-1-2-7(4-9)11(10(13)15)5-8(11)6-14/h1-4,8,14H,5-6H2,(H2,13,15)/t8-,11-/m1/s1. The van der Waals surface area contributed by atoms with Crippen LogP contribution in [0, 0.1) is 5.92 Å². The molecule has 1 aromatic rings. The lowest BCUT2D eigenvalue weighted by Gasteiger charge is -2.13. The van der Waals surface area contributed by atoms with Crippen LogP contribution >= 0.6 is 15.9 Å². The summed E-state index contributed by atoms with van der Waals surface area (Å²) in [5.74, 6) is -0.371. The highest BCUT2D eigenvalue weighted by Gasteiger charge is 2.59. The molecular weight excluding hydrogens is 258 g/mol. The normalized spacial score (nSPS) is 28.8. The lowest BCUT2D eigenvalue weighted by atomic mass is 9.93. The van der Waals surface area contributed by atoms with E-state index in [9.17, 15) is 4.79 Å². The van der Waals surface area contributed by atoms with Gasteiger partial charge >= 0.3 is 0 Å². The van der Waals surface area contributed by atoms with E-state index in [4.69, 9.17) is 10.8 Å². The number of halogens is 1. The highest BCUT2D eigenvalue weighted by atomic mass is 79.9. The van der Waals surface area contributed by atoms with Crippen molar-refractivity contribution in [1.29, 1.82) is 0 Å². The largest absolute Gasteiger partial charge is 0.396 e. The van der Waals surface area contributed by atoms with Crippen molar-refractivity contribution in [1.82, 2.24) is 0 Å². The number of nitrogens with two attached hydrogens (primary N) is 1. The first kappa shape index (κ1) is 10.6. The SMILES string of the molecule is NC(=O)[C@@]1(c2cccc(Br)c2)C[C@@H]1CO. The first-order valence-electron chi connectivity index (χ1n) is 4.78. The van der Waals surface area contributed by atoms with Crippen molar-refractivity contribution in [3.63, 3.8) is 0 Å². The molecule has 1 aliphatic rings. The Morgan fingerprint density at radius 2 is 2.40 bits per heavy atom. The molecule has 80 valence electrons. The maximum Gasteiger partial charge on any atom is 0.228 e. The Hall–Kier alpha value is -0.870. The highest BCUT2D eigenvalue weighted by molar-refractivity contribution is 9.10. The Morgan fingerprint density at radius 1 is 1.67 bits per heavy atom. The van der Waals surface area contributed by atoms with Gasteiger partial charge in [-0.1, -0.05) is 28.1 Å². The summed E-state index contributed by atoms with van der Waals surface area (Å²) >= 11 is 3.36. The predicted molar refractivity (Wildman–Crippen MR) is 60.2 cm³/mol. The second kappa shape index (κ2) is 3.61. The van der Waals surface area contributed by atoms with Crippen molar-refractivity contribution < 1.29 is 9.90 Å². The van der Waals surface area contributed by atoms with Gasteiger partial charge in [-0.25, -0.2) is 0 Å². The van der Waals surface area contributed by atoms with E-state index in [-0.39, 0.29) is 18.4 Å². The van der Waals surface area contributed by atoms with Crippen molar-refractivity contribution >= 4 is 21.8 Å². The zero-order valence-electron chi connectivity index (χ0n) is 8.11. The molecule has 4 heteroatoms. The van der Waals surface area contributed by atoms with Crippen molar-refractivity contribution in [2.24, 2.45) is 11.7 Å². The average molecular weight is 270 g/mol. The van der Waals surface area contributed by atoms with Gasteiger partial charge in [0.15, 0.2) is 0 Å². The average Bonchev–Trinajstić information content (AvgIpc) is 2.93. The fourth-order valence-electron chi connectivity index (χ4n) is 2.11. The number of hydrogen-bond acceptors (Lipinski definition) is 2. The van der Waals surface area contributed by atoms with Gasteiger partial charge < -0.3 is 10.8 Å². The smallest absolute Gasteiger partial charge is 0.228 e. The van der Waals surface area contributed by atoms with Crippen LogP contribution in [-0.4, -0.2) is 17.6 Å². The van der Waals surface area contributed by atoms with E-state index in [0.717, 1.165) is 10.0 Å². The first-order chi connectivity index (χ1) is 7.11. The van der Waals surface area contributed by atoms with E-state index >= 15 is 0 Å². The number of carbonyl (C=O) groups excluding carboxylic acids is 1. The molecular formula is C11H12BrNO2. The Bertz CT molecular complexity index is 407. The molecule has 0 aromatic heterocycles. The van der Waals surface area contributed by atoms with Crippen LogP contribution in [0.2, 0.25) is 0 Å². The maximum atomic E-state index is 11.5. The van der Waals surface area contributed by atoms with Crippen molar-refractivity contribution in [2.75, 3.05) is 6.61 Å². The third kappa shape index (κ3) is 1.58. The molecule has 1 fully saturated rings. The molecule has 0 saturated heterocycles. The fourth-order valence-corrected chi connectivity index (χ4v) is 2.51. The summed E-state index contributed by atoms with van der Waals surface area (Å²) in [7, 11) is 0. The molecule has 2 rings (SSSR count). The molecule has 1 aromatic carbocycles. The van der Waals surface area contributed by atoms with E-state index in [2.05, 4.69) is 15.9 Å². The summed E-state index contributed by atoms with van der Waals surface area (Å²) in [5, 5.41) is 9.10. The molecule has 0 spiro atoms. The summed E-state index contributed by atoms with van der Waals surface area (Å²) in [4.78, 5) is 11.5. The van der Waals surface area contributed by atoms with Crippen LogP contribution in [0.15, 0.2) is 28.7 Å². The van der Waals surface area contributed by atoms with Crippen molar-refractivity contribution in [3.8, 4) is 0 Å². The van der Waals surface area contributed by atoms with Crippen LogP contribution in [0.1, 0.15) is 12.0 Å². The maximum absolute atomic E-state index is 11.5. The van der Waals surface area contributed by atoms with Crippen LogP contribution < -0.4 is 5.73 Å². The summed E-state index contributed by atoms with van der Waals surface area (Å²) in [6.45, 7) is 0.00938. The number of carbonyl (C=O) groups is 1. The molecule has 1 aliphatic carbocycles. The Labute approximate surface area is 96.4 Å². The van der Waals surface area contributed by atoms with Gasteiger partial charge in [-0.05, 0) is 24.1 Å². The zero-order chi connectivity index (χ0) is 11.1. The van der Waals surface area contributed by atoms with Gasteiger partial charge in [-0.2, -0.15) is 0 Å². The fraction of sp³-hybridized carbons (Fsp3) is 0.364. The summed E-state index contributed by atoms with van der Waals surface area (Å²) in [6, 6.07) is 7.54. The predicted octanol–water partition coefficient (Wildman–Crippen LogP) is 1.18. The van der Waals surface area contributed by atoms with Crippen LogP contribution in [0.3, 0.4) is 0 Å². The zero-order valence-corrected chi connectivity index (χ0v) is 9.70. The Morgan fingerprint density at radius 3 is 2.87 bits per heavy atom. The van der Waals surface area contributed by atoms with Crippen LogP contribution in [0.4, 0.5) is 0 Å². The summed E-state index contributed by atoms with van der Waals surface area (Å²) < 4.78 is 0.921. The number of hydrogen-bond donors (Lipinski definition) is 2. The summed E-state index contributed by atoms with van der Waals surface area (Å²) in [5.41, 5.74) is 5.67. The topological polar surface area (TPSA) is 63.3 Å². The Balaban J connectivity index is 2.40. The molecule has 3 nitrogen and oxygen atoms in total. The molecule has 2 atom stereocenters. The number of rotatable bonds is 3. The monoisotopic (exact) mass is 269 g/mol. The molecule has 0 heterocycles. The molecule has 1 amide bonds. The van der Waals surface area contributed by atoms with E-state index in [1.807, 2.05) is 24.3 Å². The van der Waals surface area contributed by atoms with Crippen LogP contribution in [-0.2, 0) is 10.2 Å². The number of aliphatic hydroxyl groups is 1. The van der Waals surface area contributed by atoms with Gasteiger partial charge in [0, 0.05) is 17.0 Å². The number of primary amides is 1. The van der Waals surface area contributed by atoms with Gasteiger partial charge in [0.25, 0.3) is 0 Å². The van der Waals surface area contributed by atoms with Crippen molar-refractivity contribution in [2.45, 2.75) is 11.8 Å². The molecule has 3 N–H and O–H groups in total. The Kier molecular flexibility index (Phi) is 2.56. The van der Waals surface area contributed by atoms with E-state index in [1.54, 1.807) is 0 Å². The minimum absolute atomic E-state index is 0.00938. The lowest BCUT2D eigenvalue weighted by Crippen LogP contribution is -2.31. The molecule has 0 unspecified atom stereocenters. The third-order valence-electron chi connectivity index (χ3n) is 3.10. The second-order valence-electron chi connectivity index (χ2n) is 3.93. The minimum atomic E-state index is -0.640. The number of amides is 1. The van der Waals surface area contributed by atoms with Crippen LogP contribution in [0.25, 0.3) is 0 Å². The minimum Gasteiger partial charge on any atom is -0.396 e. The first-order valence-corrected chi connectivity index (χ1v) is 5.57. The third-order valence-corrected chi connectivity index (χ3v) is 3.60. The lowest BCUT2D eigenvalue weighted by molar-refractivity contribution is -0.120. The van der Waals surface area contributed by atoms with Gasteiger partial charge in [0.1, 0.15) is 0 Å². The van der Waals surface area contributed by atoms with E-state index in [1.165, 1.54) is 0 Å². The summed E-state index contributed by atoms with van der Waals surface area (Å²) in [6.07, 6.45) is 0.648.